The van der Waals surface area contributed by atoms with Gasteiger partial charge in [-0.2, -0.15) is 0 Å². The third-order valence-corrected chi connectivity index (χ3v) is 4.28. The maximum Gasteiger partial charge on any atom is 0.179 e. The Morgan fingerprint density at radius 3 is 1.24 bits per heavy atom. The van der Waals surface area contributed by atoms with Crippen LogP contribution in [0.3, 0.4) is 0 Å². The Bertz CT molecular complexity index is 380. The average molecular weight is 426 g/mol. The molecular formula is C18H39N3O8. The molecule has 0 aromatic carbocycles. The summed E-state index contributed by atoms with van der Waals surface area (Å²) in [5.41, 5.74) is 0. The van der Waals surface area contributed by atoms with Gasteiger partial charge in [0, 0.05) is 39.3 Å². The third-order valence-electron chi connectivity index (χ3n) is 4.28. The van der Waals surface area contributed by atoms with E-state index in [0.717, 1.165) is 0 Å². The molecule has 29 heavy (non-hydrogen) atoms. The van der Waals surface area contributed by atoms with E-state index in [1.54, 1.807) is 0 Å². The predicted octanol–water partition coefficient (Wildman–Crippen LogP) is -0.216. The van der Waals surface area contributed by atoms with Gasteiger partial charge in [-0.3, -0.25) is 9.80 Å². The average Bonchev–Trinajstić information content (AvgIpc) is 2.64. The maximum absolute atomic E-state index is 10.3. The lowest BCUT2D eigenvalue weighted by Gasteiger charge is -2.32. The van der Waals surface area contributed by atoms with Gasteiger partial charge in [0.05, 0.1) is 24.4 Å². The first-order valence-corrected chi connectivity index (χ1v) is 9.88. The van der Waals surface area contributed by atoms with Crippen molar-refractivity contribution in [3.8, 4) is 0 Å². The van der Waals surface area contributed by atoms with Crippen molar-refractivity contribution in [1.82, 2.24) is 9.80 Å². The SMILES string of the molecule is CC(CN(CCN(CC(C)OCO)CC(C)OCN=O)CC(C)OCO)OCO. The molecule has 0 aliphatic carbocycles. The van der Waals surface area contributed by atoms with Crippen molar-refractivity contribution in [2.45, 2.75) is 52.1 Å². The number of nitroso groups, excluding NO2 is 1. The first kappa shape index (κ1) is 28.2. The van der Waals surface area contributed by atoms with Gasteiger partial charge in [0.2, 0.25) is 0 Å². The van der Waals surface area contributed by atoms with E-state index < -0.39 is 0 Å². The van der Waals surface area contributed by atoms with Crippen molar-refractivity contribution in [1.29, 1.82) is 0 Å². The summed E-state index contributed by atoms with van der Waals surface area (Å²) in [5, 5.41) is 29.6. The number of aliphatic hydroxyl groups excluding tert-OH is 3. The fraction of sp³-hybridized carbons (Fsp3) is 1.00. The van der Waals surface area contributed by atoms with Crippen LogP contribution < -0.4 is 0 Å². The fourth-order valence-electron chi connectivity index (χ4n) is 3.00. The first-order valence-electron chi connectivity index (χ1n) is 9.88. The molecule has 3 N–H and O–H groups in total. The van der Waals surface area contributed by atoms with Crippen molar-refractivity contribution in [2.75, 3.05) is 66.4 Å². The second kappa shape index (κ2) is 18.0. The minimum atomic E-state index is -0.353. The van der Waals surface area contributed by atoms with Gasteiger partial charge in [-0.15, -0.1) is 4.91 Å². The molecule has 0 aromatic rings. The topological polar surface area (TPSA) is 134 Å². The standard InChI is InChI=1S/C18H39N3O8/c1-15(26-11-19-25)7-20(8-16(2)27-12-22)5-6-21(9-17(3)28-13-23)10-18(4)29-14-24/h15-18,22-24H,5-14H2,1-4H3. The number of rotatable bonds is 20. The molecule has 4 unspecified atom stereocenters. The van der Waals surface area contributed by atoms with Crippen LogP contribution in [0.5, 0.6) is 0 Å². The molecule has 11 nitrogen and oxygen atoms in total. The number of aliphatic hydroxyl groups is 3. The van der Waals surface area contributed by atoms with Crippen LogP contribution in [-0.2, 0) is 18.9 Å². The van der Waals surface area contributed by atoms with E-state index in [0.29, 0.717) is 39.3 Å². The normalized spacial score (nSPS) is 16.2. The lowest BCUT2D eigenvalue weighted by atomic mass is 10.2. The van der Waals surface area contributed by atoms with Gasteiger partial charge in [0.15, 0.2) is 6.73 Å². The molecule has 0 amide bonds. The molecule has 0 radical (unpaired) electrons. The van der Waals surface area contributed by atoms with Crippen LogP contribution in [0.1, 0.15) is 27.7 Å². The third kappa shape index (κ3) is 15.7. The molecule has 0 saturated carbocycles. The van der Waals surface area contributed by atoms with Gasteiger partial charge in [-0.05, 0) is 32.9 Å². The number of ether oxygens (including phenoxy) is 4. The van der Waals surface area contributed by atoms with E-state index in [9.17, 15) is 4.91 Å². The summed E-state index contributed by atoms with van der Waals surface area (Å²) in [7, 11) is 0. The molecule has 0 heterocycles. The van der Waals surface area contributed by atoms with E-state index in [1.807, 2.05) is 27.7 Å². The van der Waals surface area contributed by atoms with E-state index in [-0.39, 0.29) is 51.5 Å². The molecule has 0 fully saturated rings. The van der Waals surface area contributed by atoms with Gasteiger partial charge in [-0.25, -0.2) is 0 Å². The molecule has 11 heteroatoms. The Balaban J connectivity index is 4.90. The van der Waals surface area contributed by atoms with Crippen LogP contribution in [0, 0.1) is 4.91 Å². The predicted molar refractivity (Wildman–Crippen MR) is 107 cm³/mol. The van der Waals surface area contributed by atoms with Crippen LogP contribution >= 0.6 is 0 Å². The fourth-order valence-corrected chi connectivity index (χ4v) is 3.00. The van der Waals surface area contributed by atoms with Crippen LogP contribution in [0.4, 0.5) is 0 Å². The molecule has 0 rings (SSSR count). The largest absolute Gasteiger partial charge is 0.371 e. The Kier molecular flexibility index (Phi) is 17.6. The summed E-state index contributed by atoms with van der Waals surface area (Å²) >= 11 is 0. The quantitative estimate of drug-likeness (QED) is 0.178. The summed E-state index contributed by atoms with van der Waals surface area (Å²) in [6.45, 7) is 9.86. The highest BCUT2D eigenvalue weighted by Crippen LogP contribution is 2.05. The zero-order valence-corrected chi connectivity index (χ0v) is 18.1. The Hall–Kier alpha value is -0.760. The maximum atomic E-state index is 10.3. The van der Waals surface area contributed by atoms with Gasteiger partial charge in [-0.1, -0.05) is 0 Å². The van der Waals surface area contributed by atoms with Gasteiger partial charge >= 0.3 is 0 Å². The lowest BCUT2D eigenvalue weighted by Crippen LogP contribution is -2.45. The molecule has 4 atom stereocenters. The minimum Gasteiger partial charge on any atom is -0.371 e. The summed E-state index contributed by atoms with van der Waals surface area (Å²) in [6, 6.07) is 0. The Morgan fingerprint density at radius 2 is 0.966 bits per heavy atom. The Morgan fingerprint density at radius 1 is 0.655 bits per heavy atom. The van der Waals surface area contributed by atoms with Gasteiger partial charge in [0.1, 0.15) is 20.4 Å². The van der Waals surface area contributed by atoms with Crippen LogP contribution in [0.2, 0.25) is 0 Å². The highest BCUT2D eigenvalue weighted by molar-refractivity contribution is 4.72. The molecule has 0 aliphatic heterocycles. The van der Waals surface area contributed by atoms with Crippen molar-refractivity contribution in [3.05, 3.63) is 4.91 Å². The summed E-state index contributed by atoms with van der Waals surface area (Å²) < 4.78 is 21.0. The molecule has 0 spiro atoms. The van der Waals surface area contributed by atoms with Crippen molar-refractivity contribution in [3.63, 3.8) is 0 Å². The monoisotopic (exact) mass is 425 g/mol. The summed E-state index contributed by atoms with van der Waals surface area (Å²) in [5.74, 6) is 0. The van der Waals surface area contributed by atoms with Crippen LogP contribution in [0.25, 0.3) is 0 Å². The lowest BCUT2D eigenvalue weighted by molar-refractivity contribution is -0.0757. The molecule has 0 saturated heterocycles. The zero-order valence-electron chi connectivity index (χ0n) is 18.1. The Labute approximate surface area is 173 Å². The van der Waals surface area contributed by atoms with E-state index in [4.69, 9.17) is 34.3 Å². The van der Waals surface area contributed by atoms with E-state index in [2.05, 4.69) is 15.0 Å². The summed E-state index contributed by atoms with van der Waals surface area (Å²) in [4.78, 5) is 14.5. The molecule has 0 bridgehead atoms. The van der Waals surface area contributed by atoms with E-state index in [1.165, 1.54) is 0 Å². The smallest absolute Gasteiger partial charge is 0.179 e. The first-order chi connectivity index (χ1) is 13.9. The second-order valence-corrected chi connectivity index (χ2v) is 7.07. The van der Waals surface area contributed by atoms with Crippen molar-refractivity contribution in [2.24, 2.45) is 5.18 Å². The number of hydrogen-bond donors (Lipinski definition) is 3. The van der Waals surface area contributed by atoms with Gasteiger partial charge in [0.25, 0.3) is 0 Å². The number of nitrogens with zero attached hydrogens (tertiary/aromatic N) is 3. The van der Waals surface area contributed by atoms with Crippen molar-refractivity contribution >= 4 is 0 Å². The van der Waals surface area contributed by atoms with Crippen LogP contribution in [-0.4, -0.2) is 116 Å². The van der Waals surface area contributed by atoms with Gasteiger partial charge < -0.3 is 34.3 Å². The molecule has 0 aromatic heterocycles. The molecule has 174 valence electrons. The summed E-state index contributed by atoms with van der Waals surface area (Å²) in [6.07, 6.45) is -0.728. The highest BCUT2D eigenvalue weighted by Gasteiger charge is 2.19. The zero-order chi connectivity index (χ0) is 22.1. The highest BCUT2D eigenvalue weighted by atomic mass is 16.6. The molecule has 0 aliphatic rings. The van der Waals surface area contributed by atoms with Crippen LogP contribution in [0.15, 0.2) is 5.18 Å². The van der Waals surface area contributed by atoms with Crippen molar-refractivity contribution < 1.29 is 34.3 Å². The second-order valence-electron chi connectivity index (χ2n) is 7.07. The van der Waals surface area contributed by atoms with E-state index >= 15 is 0 Å². The number of hydrogen-bond acceptors (Lipinski definition) is 11. The minimum absolute atomic E-state index is 0.174. The molecular weight excluding hydrogens is 386 g/mol.